The molecule has 0 aromatic heterocycles. The maximum Gasteiger partial charge on any atom is 0.307 e. The number of anilines is 1. The Bertz CT molecular complexity index is 411. The largest absolute Gasteiger partial charge is 0.481 e. The highest BCUT2D eigenvalue weighted by Gasteiger charge is 2.25. The van der Waals surface area contributed by atoms with Crippen LogP contribution in [0.3, 0.4) is 0 Å². The monoisotopic (exact) mass is 235 g/mol. The average molecular weight is 235 g/mol. The average Bonchev–Trinajstić information content (AvgIpc) is 2.30. The smallest absolute Gasteiger partial charge is 0.307 e. The Hall–Kier alpha value is -1.84. The molecule has 1 amide bonds. The Labute approximate surface area is 101 Å². The van der Waals surface area contributed by atoms with Crippen LogP contribution in [0.1, 0.15) is 19.4 Å². The summed E-state index contributed by atoms with van der Waals surface area (Å²) in [5.41, 5.74) is 1.79. The van der Waals surface area contributed by atoms with E-state index in [1.807, 2.05) is 19.1 Å². The standard InChI is InChI=1S/C13H17NO3/c1-8-4-6-11(7-5-8)14-12(15)9(2)10(3)13(16)17/h4-7,9-10H,1-3H3,(H,14,15)(H,16,17). The van der Waals surface area contributed by atoms with E-state index in [-0.39, 0.29) is 5.91 Å². The van der Waals surface area contributed by atoms with Gasteiger partial charge in [-0.1, -0.05) is 31.5 Å². The summed E-state index contributed by atoms with van der Waals surface area (Å²) in [6, 6.07) is 7.37. The highest BCUT2D eigenvalue weighted by molar-refractivity contribution is 5.94. The minimum atomic E-state index is -0.962. The first-order valence-electron chi connectivity index (χ1n) is 5.52. The molecule has 2 unspecified atom stereocenters. The lowest BCUT2D eigenvalue weighted by Crippen LogP contribution is -2.29. The van der Waals surface area contributed by atoms with E-state index in [1.54, 1.807) is 19.1 Å². The van der Waals surface area contributed by atoms with E-state index < -0.39 is 17.8 Å². The Morgan fingerprint density at radius 3 is 2.12 bits per heavy atom. The van der Waals surface area contributed by atoms with Crippen LogP contribution in [-0.4, -0.2) is 17.0 Å². The lowest BCUT2D eigenvalue weighted by atomic mass is 9.95. The van der Waals surface area contributed by atoms with Crippen molar-refractivity contribution in [3.8, 4) is 0 Å². The number of aryl methyl sites for hydroxylation is 1. The van der Waals surface area contributed by atoms with Gasteiger partial charge in [-0.05, 0) is 19.1 Å². The quantitative estimate of drug-likeness (QED) is 0.841. The molecule has 2 atom stereocenters. The number of hydrogen-bond acceptors (Lipinski definition) is 2. The zero-order valence-corrected chi connectivity index (χ0v) is 10.2. The third kappa shape index (κ3) is 3.59. The second-order valence-corrected chi connectivity index (χ2v) is 4.27. The van der Waals surface area contributed by atoms with Crippen molar-refractivity contribution < 1.29 is 14.7 Å². The van der Waals surface area contributed by atoms with Crippen LogP contribution >= 0.6 is 0 Å². The molecule has 0 saturated heterocycles. The van der Waals surface area contributed by atoms with E-state index in [0.29, 0.717) is 5.69 Å². The van der Waals surface area contributed by atoms with Crippen molar-refractivity contribution in [1.82, 2.24) is 0 Å². The molecule has 4 heteroatoms. The maximum absolute atomic E-state index is 11.8. The van der Waals surface area contributed by atoms with Gasteiger partial charge < -0.3 is 10.4 Å². The van der Waals surface area contributed by atoms with Gasteiger partial charge in [-0.15, -0.1) is 0 Å². The number of nitrogens with one attached hydrogen (secondary N) is 1. The number of amides is 1. The molecule has 0 bridgehead atoms. The molecule has 1 aromatic rings. The summed E-state index contributed by atoms with van der Waals surface area (Å²) in [4.78, 5) is 22.5. The second-order valence-electron chi connectivity index (χ2n) is 4.27. The summed E-state index contributed by atoms with van der Waals surface area (Å²) in [6.07, 6.45) is 0. The van der Waals surface area contributed by atoms with Crippen molar-refractivity contribution in [3.05, 3.63) is 29.8 Å². The lowest BCUT2D eigenvalue weighted by Gasteiger charge is -2.15. The number of aliphatic carboxylic acids is 1. The van der Waals surface area contributed by atoms with E-state index in [4.69, 9.17) is 5.11 Å². The van der Waals surface area contributed by atoms with Crippen LogP contribution in [0, 0.1) is 18.8 Å². The van der Waals surface area contributed by atoms with Gasteiger partial charge in [0.2, 0.25) is 5.91 Å². The van der Waals surface area contributed by atoms with Crippen LogP contribution < -0.4 is 5.32 Å². The number of hydrogen-bond donors (Lipinski definition) is 2. The van der Waals surface area contributed by atoms with Gasteiger partial charge in [-0.3, -0.25) is 9.59 Å². The van der Waals surface area contributed by atoms with Crippen LogP contribution in [0.4, 0.5) is 5.69 Å². The van der Waals surface area contributed by atoms with Crippen molar-refractivity contribution in [1.29, 1.82) is 0 Å². The van der Waals surface area contributed by atoms with E-state index >= 15 is 0 Å². The van der Waals surface area contributed by atoms with Gasteiger partial charge in [-0.2, -0.15) is 0 Å². The molecule has 0 saturated carbocycles. The van der Waals surface area contributed by atoms with E-state index in [9.17, 15) is 9.59 Å². The van der Waals surface area contributed by atoms with Gasteiger partial charge >= 0.3 is 5.97 Å². The van der Waals surface area contributed by atoms with Crippen molar-refractivity contribution in [2.75, 3.05) is 5.32 Å². The molecule has 1 aromatic carbocycles. The van der Waals surface area contributed by atoms with Gasteiger partial charge in [0, 0.05) is 11.6 Å². The maximum atomic E-state index is 11.8. The third-order valence-electron chi connectivity index (χ3n) is 2.87. The molecule has 0 aliphatic heterocycles. The van der Waals surface area contributed by atoms with Crippen LogP contribution in [0.5, 0.6) is 0 Å². The van der Waals surface area contributed by atoms with Gasteiger partial charge in [0.1, 0.15) is 0 Å². The van der Waals surface area contributed by atoms with Crippen LogP contribution in [-0.2, 0) is 9.59 Å². The molecule has 0 heterocycles. The number of carbonyl (C=O) groups excluding carboxylic acids is 1. The highest BCUT2D eigenvalue weighted by atomic mass is 16.4. The summed E-state index contributed by atoms with van der Waals surface area (Å²) in [6.45, 7) is 5.10. The molecular formula is C13H17NO3. The van der Waals surface area contributed by atoms with E-state index in [1.165, 1.54) is 6.92 Å². The molecule has 0 fully saturated rings. The van der Waals surface area contributed by atoms with Gasteiger partial charge in [0.25, 0.3) is 0 Å². The summed E-state index contributed by atoms with van der Waals surface area (Å²) >= 11 is 0. The lowest BCUT2D eigenvalue weighted by molar-refractivity contribution is -0.145. The molecule has 0 aliphatic rings. The summed E-state index contributed by atoms with van der Waals surface area (Å²) in [7, 11) is 0. The van der Waals surface area contributed by atoms with Crippen molar-refractivity contribution in [3.63, 3.8) is 0 Å². The zero-order chi connectivity index (χ0) is 13.0. The SMILES string of the molecule is Cc1ccc(NC(=O)C(C)C(C)C(=O)O)cc1. The molecule has 17 heavy (non-hydrogen) atoms. The highest BCUT2D eigenvalue weighted by Crippen LogP contribution is 2.15. The number of benzene rings is 1. The first-order valence-corrected chi connectivity index (χ1v) is 5.52. The number of rotatable bonds is 4. The summed E-state index contributed by atoms with van der Waals surface area (Å²) < 4.78 is 0. The fraction of sp³-hybridized carbons (Fsp3) is 0.385. The normalized spacial score (nSPS) is 13.8. The van der Waals surface area contributed by atoms with E-state index in [0.717, 1.165) is 5.56 Å². The van der Waals surface area contributed by atoms with Gasteiger partial charge in [0.05, 0.1) is 5.92 Å². The first-order chi connectivity index (χ1) is 7.91. The molecule has 1 rings (SSSR count). The predicted molar refractivity (Wildman–Crippen MR) is 65.8 cm³/mol. The second kappa shape index (κ2) is 5.48. The Morgan fingerprint density at radius 1 is 1.12 bits per heavy atom. The predicted octanol–water partition coefficient (Wildman–Crippen LogP) is 2.29. The van der Waals surface area contributed by atoms with E-state index in [2.05, 4.69) is 5.32 Å². The number of carboxylic acids is 1. The topological polar surface area (TPSA) is 66.4 Å². The third-order valence-corrected chi connectivity index (χ3v) is 2.87. The Kier molecular flexibility index (Phi) is 4.26. The number of carbonyl (C=O) groups is 2. The molecule has 92 valence electrons. The van der Waals surface area contributed by atoms with Crippen LogP contribution in [0.2, 0.25) is 0 Å². The van der Waals surface area contributed by atoms with Crippen molar-refractivity contribution in [2.45, 2.75) is 20.8 Å². The summed E-state index contributed by atoms with van der Waals surface area (Å²) in [5.74, 6) is -2.49. The zero-order valence-electron chi connectivity index (χ0n) is 10.2. The van der Waals surface area contributed by atoms with Crippen LogP contribution in [0.25, 0.3) is 0 Å². The van der Waals surface area contributed by atoms with Crippen LogP contribution in [0.15, 0.2) is 24.3 Å². The fourth-order valence-electron chi connectivity index (χ4n) is 1.33. The first kappa shape index (κ1) is 13.2. The van der Waals surface area contributed by atoms with Gasteiger partial charge in [0.15, 0.2) is 0 Å². The number of carboxylic acid groups (broad SMARTS) is 1. The van der Waals surface area contributed by atoms with Gasteiger partial charge in [-0.25, -0.2) is 0 Å². The molecule has 0 radical (unpaired) electrons. The van der Waals surface area contributed by atoms with Crippen molar-refractivity contribution >= 4 is 17.6 Å². The molecule has 0 spiro atoms. The molecule has 2 N–H and O–H groups in total. The minimum absolute atomic E-state index is 0.274. The molecular weight excluding hydrogens is 218 g/mol. The van der Waals surface area contributed by atoms with Crippen molar-refractivity contribution in [2.24, 2.45) is 11.8 Å². The Balaban J connectivity index is 2.66. The Morgan fingerprint density at radius 2 is 1.65 bits per heavy atom. The molecule has 0 aliphatic carbocycles. The minimum Gasteiger partial charge on any atom is -0.481 e. The fourth-order valence-corrected chi connectivity index (χ4v) is 1.33. The molecule has 4 nitrogen and oxygen atoms in total. The summed E-state index contributed by atoms with van der Waals surface area (Å²) in [5, 5.41) is 11.5.